The van der Waals surface area contributed by atoms with Gasteiger partial charge in [0.15, 0.2) is 0 Å². The molecule has 2 aliphatic rings. The van der Waals surface area contributed by atoms with Crippen molar-refractivity contribution < 1.29 is 18.0 Å². The fourth-order valence-electron chi connectivity index (χ4n) is 4.62. The number of nitrogens with zero attached hydrogens (tertiary/aromatic N) is 2. The van der Waals surface area contributed by atoms with E-state index >= 15 is 0 Å². The second-order valence-electron chi connectivity index (χ2n) is 9.47. The lowest BCUT2D eigenvalue weighted by atomic mass is 9.98. The molecule has 1 aromatic heterocycles. The zero-order valence-corrected chi connectivity index (χ0v) is 20.7. The highest BCUT2D eigenvalue weighted by molar-refractivity contribution is 7.89. The highest BCUT2D eigenvalue weighted by Gasteiger charge is 2.34. The SMILES string of the molecule is CCc1ccc(NC(=O)[C@@H]2CCCN(S(=O)(=O)c3c[nH]c(C(=O)N4CCC(C)CC4)c3)C2)cc1. The van der Waals surface area contributed by atoms with E-state index in [1.165, 1.54) is 22.1 Å². The van der Waals surface area contributed by atoms with E-state index in [1.54, 1.807) is 4.90 Å². The molecule has 0 saturated carbocycles. The van der Waals surface area contributed by atoms with Gasteiger partial charge in [-0.3, -0.25) is 9.59 Å². The van der Waals surface area contributed by atoms with Gasteiger partial charge in [-0.05, 0) is 61.8 Å². The number of nitrogens with one attached hydrogen (secondary N) is 2. The van der Waals surface area contributed by atoms with Gasteiger partial charge >= 0.3 is 0 Å². The zero-order chi connectivity index (χ0) is 24.3. The number of rotatable bonds is 6. The molecule has 1 aromatic carbocycles. The molecule has 0 bridgehead atoms. The van der Waals surface area contributed by atoms with Gasteiger partial charge in [0.2, 0.25) is 15.9 Å². The molecule has 0 unspecified atom stereocenters. The molecular weight excluding hydrogens is 452 g/mol. The van der Waals surface area contributed by atoms with Crippen LogP contribution in [-0.2, 0) is 21.2 Å². The molecule has 2 N–H and O–H groups in total. The smallest absolute Gasteiger partial charge is 0.270 e. The Kier molecular flexibility index (Phi) is 7.42. The van der Waals surface area contributed by atoms with E-state index in [1.807, 2.05) is 24.3 Å². The number of sulfonamides is 1. The van der Waals surface area contributed by atoms with Gasteiger partial charge in [-0.1, -0.05) is 26.0 Å². The monoisotopic (exact) mass is 486 g/mol. The van der Waals surface area contributed by atoms with Crippen LogP contribution in [0, 0.1) is 11.8 Å². The van der Waals surface area contributed by atoms with Crippen LogP contribution >= 0.6 is 0 Å². The molecule has 2 amide bonds. The van der Waals surface area contributed by atoms with Gasteiger partial charge in [-0.15, -0.1) is 0 Å². The molecule has 1 atom stereocenters. The van der Waals surface area contributed by atoms with Crippen LogP contribution in [0.3, 0.4) is 0 Å². The van der Waals surface area contributed by atoms with Crippen molar-refractivity contribution in [1.82, 2.24) is 14.2 Å². The van der Waals surface area contributed by atoms with Crippen LogP contribution in [0.15, 0.2) is 41.4 Å². The lowest BCUT2D eigenvalue weighted by Crippen LogP contribution is -2.43. The topological polar surface area (TPSA) is 103 Å². The maximum absolute atomic E-state index is 13.3. The van der Waals surface area contributed by atoms with Crippen molar-refractivity contribution in [3.63, 3.8) is 0 Å². The molecule has 2 aromatic rings. The number of hydrogen-bond acceptors (Lipinski definition) is 4. The zero-order valence-electron chi connectivity index (χ0n) is 19.9. The molecular formula is C25H34N4O4S. The number of aromatic amines is 1. The Labute approximate surface area is 201 Å². The second kappa shape index (κ2) is 10.3. The van der Waals surface area contributed by atoms with Crippen molar-refractivity contribution in [1.29, 1.82) is 0 Å². The van der Waals surface area contributed by atoms with Gasteiger partial charge in [0, 0.05) is 38.1 Å². The number of aromatic nitrogens is 1. The number of carbonyl (C=O) groups is 2. The third-order valence-electron chi connectivity index (χ3n) is 6.98. The number of likely N-dealkylation sites (tertiary alicyclic amines) is 1. The lowest BCUT2D eigenvalue weighted by Gasteiger charge is -2.31. The van der Waals surface area contributed by atoms with E-state index in [2.05, 4.69) is 24.1 Å². The van der Waals surface area contributed by atoms with Gasteiger partial charge in [0.25, 0.3) is 5.91 Å². The average Bonchev–Trinajstić information content (AvgIpc) is 3.36. The summed E-state index contributed by atoms with van der Waals surface area (Å²) in [5.74, 6) is -0.167. The Hall–Kier alpha value is -2.65. The summed E-state index contributed by atoms with van der Waals surface area (Å²) in [6, 6.07) is 9.12. The first kappa shape index (κ1) is 24.5. The summed E-state index contributed by atoms with van der Waals surface area (Å²) >= 11 is 0. The summed E-state index contributed by atoms with van der Waals surface area (Å²) in [6.07, 6.45) is 5.46. The molecule has 0 spiro atoms. The third-order valence-corrected chi connectivity index (χ3v) is 8.82. The number of carbonyl (C=O) groups excluding carboxylic acids is 2. The molecule has 34 heavy (non-hydrogen) atoms. The summed E-state index contributed by atoms with van der Waals surface area (Å²) in [7, 11) is -3.81. The Balaban J connectivity index is 1.41. The van der Waals surface area contributed by atoms with Crippen molar-refractivity contribution in [3.8, 4) is 0 Å². The highest BCUT2D eigenvalue weighted by atomic mass is 32.2. The summed E-state index contributed by atoms with van der Waals surface area (Å²) in [5.41, 5.74) is 2.19. The van der Waals surface area contributed by atoms with E-state index < -0.39 is 15.9 Å². The Morgan fingerprint density at radius 1 is 1.09 bits per heavy atom. The van der Waals surface area contributed by atoms with E-state index in [4.69, 9.17) is 0 Å². The average molecular weight is 487 g/mol. The van der Waals surface area contributed by atoms with Crippen molar-refractivity contribution in [2.45, 2.75) is 50.8 Å². The maximum atomic E-state index is 13.3. The normalized spacial score (nSPS) is 20.3. The molecule has 184 valence electrons. The first-order valence-corrected chi connectivity index (χ1v) is 13.6. The minimum absolute atomic E-state index is 0.0671. The number of anilines is 1. The Morgan fingerprint density at radius 2 is 1.79 bits per heavy atom. The van der Waals surface area contributed by atoms with Crippen LogP contribution in [-0.4, -0.2) is 60.6 Å². The summed E-state index contributed by atoms with van der Waals surface area (Å²) in [4.78, 5) is 30.3. The highest BCUT2D eigenvalue weighted by Crippen LogP contribution is 2.26. The van der Waals surface area contributed by atoms with Crippen molar-refractivity contribution in [2.24, 2.45) is 11.8 Å². The predicted molar refractivity (Wildman–Crippen MR) is 131 cm³/mol. The lowest BCUT2D eigenvalue weighted by molar-refractivity contribution is -0.120. The van der Waals surface area contributed by atoms with E-state index in [0.717, 1.165) is 19.3 Å². The van der Waals surface area contributed by atoms with Crippen molar-refractivity contribution in [2.75, 3.05) is 31.5 Å². The van der Waals surface area contributed by atoms with E-state index in [9.17, 15) is 18.0 Å². The number of aryl methyl sites for hydroxylation is 1. The number of piperidine rings is 2. The molecule has 9 heteroatoms. The van der Waals surface area contributed by atoms with Crippen LogP contribution in [0.25, 0.3) is 0 Å². The minimum Gasteiger partial charge on any atom is -0.356 e. The van der Waals surface area contributed by atoms with Gasteiger partial charge in [-0.25, -0.2) is 8.42 Å². The number of amides is 2. The first-order chi connectivity index (χ1) is 16.3. The quantitative estimate of drug-likeness (QED) is 0.652. The van der Waals surface area contributed by atoms with Crippen LogP contribution in [0.5, 0.6) is 0 Å². The number of benzene rings is 1. The van der Waals surface area contributed by atoms with E-state index in [-0.39, 0.29) is 28.9 Å². The molecule has 8 nitrogen and oxygen atoms in total. The standard InChI is InChI=1S/C25H34N4O4S/c1-3-19-6-8-21(9-7-19)27-24(30)20-5-4-12-29(17-20)34(32,33)22-15-23(26-16-22)25(31)28-13-10-18(2)11-14-28/h6-9,15-16,18,20,26H,3-5,10-14,17H2,1-2H3,(H,27,30)/t20-/m1/s1. The second-order valence-corrected chi connectivity index (χ2v) is 11.4. The molecule has 0 radical (unpaired) electrons. The Bertz CT molecular complexity index is 1120. The van der Waals surface area contributed by atoms with Gasteiger partial charge in [-0.2, -0.15) is 4.31 Å². The first-order valence-electron chi connectivity index (χ1n) is 12.2. The van der Waals surface area contributed by atoms with Crippen LogP contribution in [0.1, 0.15) is 55.6 Å². The molecule has 2 fully saturated rings. The van der Waals surface area contributed by atoms with Gasteiger partial charge in [0.05, 0.1) is 5.92 Å². The molecule has 3 heterocycles. The number of H-pyrrole nitrogens is 1. The molecule has 0 aliphatic carbocycles. The molecule has 4 rings (SSSR count). The van der Waals surface area contributed by atoms with Crippen LogP contribution in [0.2, 0.25) is 0 Å². The van der Waals surface area contributed by atoms with Gasteiger partial charge < -0.3 is 15.2 Å². The van der Waals surface area contributed by atoms with Crippen molar-refractivity contribution >= 4 is 27.5 Å². The third kappa shape index (κ3) is 5.36. The summed E-state index contributed by atoms with van der Waals surface area (Å²) in [6.45, 7) is 6.10. The van der Waals surface area contributed by atoms with E-state index in [0.29, 0.717) is 44.1 Å². The minimum atomic E-state index is -3.81. The predicted octanol–water partition coefficient (Wildman–Crippen LogP) is 3.49. The molecule has 2 aliphatic heterocycles. The van der Waals surface area contributed by atoms with Crippen LogP contribution < -0.4 is 5.32 Å². The summed E-state index contributed by atoms with van der Waals surface area (Å²) < 4.78 is 27.9. The van der Waals surface area contributed by atoms with Gasteiger partial charge in [0.1, 0.15) is 10.6 Å². The van der Waals surface area contributed by atoms with Crippen molar-refractivity contribution in [3.05, 3.63) is 47.8 Å². The van der Waals surface area contributed by atoms with Crippen LogP contribution in [0.4, 0.5) is 5.69 Å². The maximum Gasteiger partial charge on any atom is 0.270 e. The fourth-order valence-corrected chi connectivity index (χ4v) is 6.14. The summed E-state index contributed by atoms with van der Waals surface area (Å²) in [5, 5.41) is 2.92. The molecule has 2 saturated heterocycles. The largest absolute Gasteiger partial charge is 0.356 e. The fraction of sp³-hybridized carbons (Fsp3) is 0.520. The Morgan fingerprint density at radius 3 is 2.47 bits per heavy atom. The number of hydrogen-bond donors (Lipinski definition) is 2.